The van der Waals surface area contributed by atoms with Crippen molar-refractivity contribution in [1.29, 1.82) is 0 Å². The van der Waals surface area contributed by atoms with E-state index in [9.17, 15) is 8.42 Å². The quantitative estimate of drug-likeness (QED) is 0.650. The average molecular weight is 416 g/mol. The zero-order chi connectivity index (χ0) is 19.7. The number of aromatic nitrogens is 2. The van der Waals surface area contributed by atoms with Crippen LogP contribution in [0.15, 0.2) is 59.1 Å². The van der Waals surface area contributed by atoms with Gasteiger partial charge in [-0.25, -0.2) is 13.4 Å². The van der Waals surface area contributed by atoms with Crippen molar-refractivity contribution in [2.75, 3.05) is 13.1 Å². The molecule has 0 unspecified atom stereocenters. The summed E-state index contributed by atoms with van der Waals surface area (Å²) in [7, 11) is -3.58. The Balaban J connectivity index is 1.64. The fourth-order valence-electron chi connectivity index (χ4n) is 3.32. The first-order valence-electron chi connectivity index (χ1n) is 9.05. The van der Waals surface area contributed by atoms with Gasteiger partial charge in [-0.15, -0.1) is 11.3 Å². The highest BCUT2D eigenvalue weighted by atomic mass is 32.2. The molecule has 1 aliphatic heterocycles. The third-order valence-corrected chi connectivity index (χ3v) is 7.29. The summed E-state index contributed by atoms with van der Waals surface area (Å²) in [4.78, 5) is 9.07. The van der Waals surface area contributed by atoms with Crippen molar-refractivity contribution in [2.45, 2.75) is 31.0 Å². The van der Waals surface area contributed by atoms with Gasteiger partial charge < -0.3 is 4.74 Å². The van der Waals surface area contributed by atoms with Crippen LogP contribution in [0, 0.1) is 0 Å². The molecule has 0 saturated carbocycles. The molecule has 0 aliphatic carbocycles. The van der Waals surface area contributed by atoms with Crippen molar-refractivity contribution in [1.82, 2.24) is 14.3 Å². The van der Waals surface area contributed by atoms with E-state index in [1.807, 2.05) is 37.4 Å². The molecule has 146 valence electrons. The number of morpholine rings is 1. The predicted molar refractivity (Wildman–Crippen MR) is 110 cm³/mol. The first kappa shape index (κ1) is 19.2. The number of rotatable bonds is 4. The van der Waals surface area contributed by atoms with Crippen molar-refractivity contribution in [2.24, 2.45) is 0 Å². The van der Waals surface area contributed by atoms with Crippen LogP contribution in [0.2, 0.25) is 0 Å². The molecule has 0 spiro atoms. The Kier molecular flexibility index (Phi) is 5.29. The topological polar surface area (TPSA) is 72.4 Å². The number of pyridine rings is 1. The lowest BCUT2D eigenvalue weighted by Gasteiger charge is -2.34. The summed E-state index contributed by atoms with van der Waals surface area (Å²) in [6, 6.07) is 10.8. The molecule has 6 nitrogen and oxygen atoms in total. The lowest BCUT2D eigenvalue weighted by Crippen LogP contribution is -2.48. The molecule has 0 amide bonds. The lowest BCUT2D eigenvalue weighted by atomic mass is 10.2. The maximum atomic E-state index is 13.1. The molecule has 1 aliphatic rings. The monoisotopic (exact) mass is 415 g/mol. The summed E-state index contributed by atoms with van der Waals surface area (Å²) in [6.45, 7) is 4.51. The highest BCUT2D eigenvalue weighted by molar-refractivity contribution is 7.89. The third-order valence-electron chi connectivity index (χ3n) is 4.57. The smallest absolute Gasteiger partial charge is 0.243 e. The zero-order valence-corrected chi connectivity index (χ0v) is 17.3. The van der Waals surface area contributed by atoms with Gasteiger partial charge in [-0.3, -0.25) is 4.98 Å². The van der Waals surface area contributed by atoms with E-state index in [0.717, 1.165) is 21.8 Å². The number of benzene rings is 1. The molecule has 8 heteroatoms. The van der Waals surface area contributed by atoms with Crippen LogP contribution in [0.4, 0.5) is 0 Å². The Labute approximate surface area is 168 Å². The second kappa shape index (κ2) is 7.71. The highest BCUT2D eigenvalue weighted by Gasteiger charge is 2.32. The molecule has 1 aromatic carbocycles. The molecule has 0 N–H and O–H groups in total. The Morgan fingerprint density at radius 1 is 1.11 bits per heavy atom. The Morgan fingerprint density at radius 3 is 2.57 bits per heavy atom. The standard InChI is InChI=1S/C20H21N3O3S2/c1-14-11-23(12-15(2)26-14)28(24,25)18-7-3-5-16(9-18)19-13-27-20(22-19)17-6-4-8-21-10-17/h3-10,13-15H,11-12H2,1-2H3/t14-,15-/m1/s1. The summed E-state index contributed by atoms with van der Waals surface area (Å²) >= 11 is 1.51. The number of thiazole rings is 1. The predicted octanol–water partition coefficient (Wildman–Crippen LogP) is 3.67. The van der Waals surface area contributed by atoms with Crippen molar-refractivity contribution in [3.8, 4) is 21.8 Å². The third kappa shape index (κ3) is 3.86. The van der Waals surface area contributed by atoms with Gasteiger partial charge in [-0.1, -0.05) is 12.1 Å². The van der Waals surface area contributed by atoms with Gasteiger partial charge in [0.25, 0.3) is 0 Å². The molecule has 1 saturated heterocycles. The molecule has 2 atom stereocenters. The van der Waals surface area contributed by atoms with Crippen molar-refractivity contribution < 1.29 is 13.2 Å². The van der Waals surface area contributed by atoms with E-state index in [0.29, 0.717) is 13.1 Å². The van der Waals surface area contributed by atoms with Crippen LogP contribution in [0.25, 0.3) is 21.8 Å². The van der Waals surface area contributed by atoms with Crippen LogP contribution in [-0.4, -0.2) is 48.0 Å². The Bertz CT molecular complexity index is 1060. The summed E-state index contributed by atoms with van der Waals surface area (Å²) in [5, 5.41) is 2.79. The van der Waals surface area contributed by atoms with Gasteiger partial charge in [0, 0.05) is 42.0 Å². The van der Waals surface area contributed by atoms with E-state index >= 15 is 0 Å². The van der Waals surface area contributed by atoms with E-state index < -0.39 is 10.0 Å². The largest absolute Gasteiger partial charge is 0.373 e. The van der Waals surface area contributed by atoms with Gasteiger partial charge >= 0.3 is 0 Å². The highest BCUT2D eigenvalue weighted by Crippen LogP contribution is 2.30. The van der Waals surface area contributed by atoms with E-state index in [4.69, 9.17) is 4.74 Å². The first-order chi connectivity index (χ1) is 13.4. The fraction of sp³-hybridized carbons (Fsp3) is 0.300. The number of hydrogen-bond donors (Lipinski definition) is 0. The van der Waals surface area contributed by atoms with Gasteiger partial charge in [0.15, 0.2) is 0 Å². The van der Waals surface area contributed by atoms with Crippen LogP contribution in [-0.2, 0) is 14.8 Å². The molecule has 2 aromatic heterocycles. The maximum Gasteiger partial charge on any atom is 0.243 e. The number of hydrogen-bond acceptors (Lipinski definition) is 6. The van der Waals surface area contributed by atoms with Crippen LogP contribution >= 0.6 is 11.3 Å². The molecular weight excluding hydrogens is 394 g/mol. The van der Waals surface area contributed by atoms with Gasteiger partial charge in [0.05, 0.1) is 22.8 Å². The maximum absolute atomic E-state index is 13.1. The second-order valence-corrected chi connectivity index (χ2v) is 9.68. The summed E-state index contributed by atoms with van der Waals surface area (Å²) in [5.41, 5.74) is 2.48. The molecule has 1 fully saturated rings. The van der Waals surface area contributed by atoms with Gasteiger partial charge in [0.2, 0.25) is 10.0 Å². The van der Waals surface area contributed by atoms with Gasteiger partial charge in [-0.2, -0.15) is 4.31 Å². The van der Waals surface area contributed by atoms with E-state index in [-0.39, 0.29) is 17.1 Å². The fourth-order valence-corrected chi connectivity index (χ4v) is 5.78. The van der Waals surface area contributed by atoms with Crippen LogP contribution < -0.4 is 0 Å². The molecule has 0 bridgehead atoms. The second-order valence-electron chi connectivity index (χ2n) is 6.89. The van der Waals surface area contributed by atoms with Crippen molar-refractivity contribution in [3.63, 3.8) is 0 Å². The average Bonchev–Trinajstić information content (AvgIpc) is 3.18. The van der Waals surface area contributed by atoms with Crippen LogP contribution in [0.1, 0.15) is 13.8 Å². The molecule has 4 rings (SSSR count). The normalized spacial score (nSPS) is 20.9. The van der Waals surface area contributed by atoms with Crippen molar-refractivity contribution >= 4 is 21.4 Å². The number of ether oxygens (including phenoxy) is 1. The van der Waals surface area contributed by atoms with Crippen LogP contribution in [0.3, 0.4) is 0 Å². The van der Waals surface area contributed by atoms with Crippen molar-refractivity contribution in [3.05, 3.63) is 54.2 Å². The molecule has 28 heavy (non-hydrogen) atoms. The van der Waals surface area contributed by atoms with Gasteiger partial charge in [0.1, 0.15) is 5.01 Å². The Morgan fingerprint density at radius 2 is 1.86 bits per heavy atom. The SMILES string of the molecule is C[C@@H]1CN(S(=O)(=O)c2cccc(-c3csc(-c4cccnc4)n3)c2)C[C@@H](C)O1. The summed E-state index contributed by atoms with van der Waals surface area (Å²) in [6.07, 6.45) is 3.24. The molecular formula is C20H21N3O3S2. The number of nitrogens with zero attached hydrogens (tertiary/aromatic N) is 3. The van der Waals surface area contributed by atoms with E-state index in [1.165, 1.54) is 15.6 Å². The van der Waals surface area contributed by atoms with E-state index in [1.54, 1.807) is 30.6 Å². The van der Waals surface area contributed by atoms with Gasteiger partial charge in [-0.05, 0) is 38.1 Å². The molecule has 3 aromatic rings. The van der Waals surface area contributed by atoms with E-state index in [2.05, 4.69) is 9.97 Å². The minimum atomic E-state index is -3.58. The first-order valence-corrected chi connectivity index (χ1v) is 11.4. The number of sulfonamides is 1. The summed E-state index contributed by atoms with van der Waals surface area (Å²) < 4.78 is 33.4. The molecule has 0 radical (unpaired) electrons. The molecule has 3 heterocycles. The minimum absolute atomic E-state index is 0.123. The lowest BCUT2D eigenvalue weighted by molar-refractivity contribution is -0.0440. The summed E-state index contributed by atoms with van der Waals surface area (Å²) in [5.74, 6) is 0. The van der Waals surface area contributed by atoms with Crippen LogP contribution in [0.5, 0.6) is 0 Å². The minimum Gasteiger partial charge on any atom is -0.373 e. The zero-order valence-electron chi connectivity index (χ0n) is 15.6. The Hall–Kier alpha value is -2.13.